The summed E-state index contributed by atoms with van der Waals surface area (Å²) in [6, 6.07) is 0.313. The van der Waals surface area contributed by atoms with Gasteiger partial charge in [0.05, 0.1) is 0 Å². The molecule has 0 saturated carbocycles. The zero-order valence-corrected chi connectivity index (χ0v) is 11.3. The second kappa shape index (κ2) is 8.91. The van der Waals surface area contributed by atoms with Gasteiger partial charge in [-0.3, -0.25) is 9.59 Å². The van der Waals surface area contributed by atoms with Crippen molar-refractivity contribution in [3.63, 3.8) is 0 Å². The molecule has 0 aromatic rings. The maximum absolute atomic E-state index is 11.6. The number of hydrogen-bond acceptors (Lipinski definition) is 3. The van der Waals surface area contributed by atoms with Gasteiger partial charge in [0, 0.05) is 32.0 Å². The first-order valence-electron chi connectivity index (χ1n) is 6.99. The maximum atomic E-state index is 11.6. The van der Waals surface area contributed by atoms with Crippen LogP contribution in [0.4, 0.5) is 0 Å². The normalized spacial score (nSPS) is 19.3. The van der Waals surface area contributed by atoms with E-state index in [9.17, 15) is 9.59 Å². The van der Waals surface area contributed by atoms with Gasteiger partial charge in [0.2, 0.25) is 11.8 Å². The van der Waals surface area contributed by atoms with E-state index >= 15 is 0 Å². The molecule has 5 heteroatoms. The first-order valence-corrected chi connectivity index (χ1v) is 6.99. The Labute approximate surface area is 109 Å². The van der Waals surface area contributed by atoms with E-state index in [-0.39, 0.29) is 11.8 Å². The molecule has 1 fully saturated rings. The van der Waals surface area contributed by atoms with Crippen molar-refractivity contribution < 1.29 is 9.59 Å². The smallest absolute Gasteiger partial charge is 0.221 e. The minimum atomic E-state index is 0.00735. The summed E-state index contributed by atoms with van der Waals surface area (Å²) in [6.07, 6.45) is 5.30. The molecule has 18 heavy (non-hydrogen) atoms. The molecule has 1 atom stereocenters. The zero-order valence-electron chi connectivity index (χ0n) is 11.3. The molecule has 1 aliphatic rings. The average Bonchev–Trinajstić information content (AvgIpc) is 2.37. The van der Waals surface area contributed by atoms with Gasteiger partial charge in [-0.05, 0) is 25.8 Å². The molecule has 104 valence electrons. The fraction of sp³-hybridized carbons (Fsp3) is 0.846. The van der Waals surface area contributed by atoms with Crippen LogP contribution in [0, 0.1) is 0 Å². The van der Waals surface area contributed by atoms with E-state index < -0.39 is 0 Å². The molecule has 1 heterocycles. The summed E-state index contributed by atoms with van der Waals surface area (Å²) >= 11 is 0. The summed E-state index contributed by atoms with van der Waals surface area (Å²) in [4.78, 5) is 22.9. The van der Waals surface area contributed by atoms with Crippen LogP contribution in [0.1, 0.15) is 45.4 Å². The van der Waals surface area contributed by atoms with Crippen molar-refractivity contribution in [1.29, 1.82) is 0 Å². The third-order valence-electron chi connectivity index (χ3n) is 3.09. The highest BCUT2D eigenvalue weighted by Crippen LogP contribution is 2.09. The van der Waals surface area contributed by atoms with E-state index in [1.54, 1.807) is 0 Å². The summed E-state index contributed by atoms with van der Waals surface area (Å²) in [5.74, 6) is 0.0469. The van der Waals surface area contributed by atoms with Crippen LogP contribution in [-0.4, -0.2) is 37.5 Å². The summed E-state index contributed by atoms with van der Waals surface area (Å²) in [7, 11) is 0. The first-order chi connectivity index (χ1) is 8.72. The van der Waals surface area contributed by atoms with Gasteiger partial charge in [0.1, 0.15) is 0 Å². The Morgan fingerprint density at radius 3 is 2.61 bits per heavy atom. The fourth-order valence-corrected chi connectivity index (χ4v) is 2.06. The molecule has 0 bridgehead atoms. The number of carbonyl (C=O) groups excluding carboxylic acids is 2. The van der Waals surface area contributed by atoms with Crippen LogP contribution in [0.3, 0.4) is 0 Å². The van der Waals surface area contributed by atoms with Crippen molar-refractivity contribution >= 4 is 11.8 Å². The monoisotopic (exact) mass is 255 g/mol. The van der Waals surface area contributed by atoms with Crippen LogP contribution in [0.25, 0.3) is 0 Å². The Morgan fingerprint density at radius 2 is 1.94 bits per heavy atom. The Morgan fingerprint density at radius 1 is 1.17 bits per heavy atom. The molecular formula is C13H25N3O2. The lowest BCUT2D eigenvalue weighted by molar-refractivity contribution is -0.122. The number of carbonyl (C=O) groups is 2. The SMILES string of the molecule is CCCNC(=O)CCNC(=O)CC1CCCCN1. The summed E-state index contributed by atoms with van der Waals surface area (Å²) < 4.78 is 0. The average molecular weight is 255 g/mol. The molecule has 1 unspecified atom stereocenters. The second-order valence-electron chi connectivity index (χ2n) is 4.80. The minimum absolute atomic E-state index is 0.00735. The van der Waals surface area contributed by atoms with E-state index in [0.29, 0.717) is 32.0 Å². The van der Waals surface area contributed by atoms with E-state index in [2.05, 4.69) is 16.0 Å². The highest BCUT2D eigenvalue weighted by atomic mass is 16.2. The summed E-state index contributed by atoms with van der Waals surface area (Å²) in [5.41, 5.74) is 0. The Bertz CT molecular complexity index is 263. The second-order valence-corrected chi connectivity index (χ2v) is 4.80. The third kappa shape index (κ3) is 6.59. The van der Waals surface area contributed by atoms with Crippen LogP contribution in [0.15, 0.2) is 0 Å². The van der Waals surface area contributed by atoms with Crippen molar-refractivity contribution in [2.75, 3.05) is 19.6 Å². The minimum Gasteiger partial charge on any atom is -0.356 e. The molecule has 1 saturated heterocycles. The Hall–Kier alpha value is -1.10. The van der Waals surface area contributed by atoms with Gasteiger partial charge in [-0.2, -0.15) is 0 Å². The lowest BCUT2D eigenvalue weighted by Gasteiger charge is -2.22. The predicted octanol–water partition coefficient (Wildman–Crippen LogP) is 0.551. The molecule has 0 aromatic heterocycles. The Kier molecular flexibility index (Phi) is 7.41. The van der Waals surface area contributed by atoms with Gasteiger partial charge >= 0.3 is 0 Å². The highest BCUT2D eigenvalue weighted by Gasteiger charge is 2.15. The van der Waals surface area contributed by atoms with Crippen LogP contribution in [0.2, 0.25) is 0 Å². The number of hydrogen-bond donors (Lipinski definition) is 3. The predicted molar refractivity (Wildman–Crippen MR) is 71.2 cm³/mol. The van der Waals surface area contributed by atoms with Gasteiger partial charge < -0.3 is 16.0 Å². The van der Waals surface area contributed by atoms with Crippen molar-refractivity contribution in [1.82, 2.24) is 16.0 Å². The molecule has 3 N–H and O–H groups in total. The molecule has 0 radical (unpaired) electrons. The van der Waals surface area contributed by atoms with Gasteiger partial charge in [-0.25, -0.2) is 0 Å². The van der Waals surface area contributed by atoms with E-state index in [4.69, 9.17) is 0 Å². The van der Waals surface area contributed by atoms with Crippen molar-refractivity contribution in [2.45, 2.75) is 51.5 Å². The Balaban J connectivity index is 2.04. The molecule has 0 aliphatic carbocycles. The molecule has 5 nitrogen and oxygen atoms in total. The molecule has 1 aliphatic heterocycles. The molecule has 0 aromatic carbocycles. The summed E-state index contributed by atoms with van der Waals surface area (Å²) in [6.45, 7) is 4.16. The topological polar surface area (TPSA) is 70.2 Å². The molecule has 0 spiro atoms. The van der Waals surface area contributed by atoms with E-state index in [1.807, 2.05) is 6.92 Å². The van der Waals surface area contributed by atoms with Gasteiger partial charge in [-0.15, -0.1) is 0 Å². The molecular weight excluding hydrogens is 230 g/mol. The number of rotatable bonds is 7. The van der Waals surface area contributed by atoms with Gasteiger partial charge in [-0.1, -0.05) is 13.3 Å². The van der Waals surface area contributed by atoms with Gasteiger partial charge in [0.15, 0.2) is 0 Å². The van der Waals surface area contributed by atoms with Crippen LogP contribution < -0.4 is 16.0 Å². The third-order valence-corrected chi connectivity index (χ3v) is 3.09. The number of nitrogens with one attached hydrogen (secondary N) is 3. The van der Waals surface area contributed by atoms with Crippen molar-refractivity contribution in [3.05, 3.63) is 0 Å². The van der Waals surface area contributed by atoms with Crippen LogP contribution in [0.5, 0.6) is 0 Å². The number of amides is 2. The van der Waals surface area contributed by atoms with Crippen molar-refractivity contribution in [3.8, 4) is 0 Å². The lowest BCUT2D eigenvalue weighted by atomic mass is 10.0. The van der Waals surface area contributed by atoms with E-state index in [1.165, 1.54) is 12.8 Å². The quantitative estimate of drug-likeness (QED) is 0.622. The largest absolute Gasteiger partial charge is 0.356 e. The standard InChI is InChI=1S/C13H25N3O2/c1-2-7-15-12(17)6-9-16-13(18)10-11-5-3-4-8-14-11/h11,14H,2-10H2,1H3,(H,15,17)(H,16,18). The number of piperidine rings is 1. The van der Waals surface area contributed by atoms with Gasteiger partial charge in [0.25, 0.3) is 0 Å². The van der Waals surface area contributed by atoms with Crippen molar-refractivity contribution in [2.24, 2.45) is 0 Å². The highest BCUT2D eigenvalue weighted by molar-refractivity contribution is 5.79. The molecule has 2 amide bonds. The maximum Gasteiger partial charge on any atom is 0.221 e. The molecule has 1 rings (SSSR count). The van der Waals surface area contributed by atoms with Crippen LogP contribution >= 0.6 is 0 Å². The zero-order chi connectivity index (χ0) is 13.2. The van der Waals surface area contributed by atoms with E-state index in [0.717, 1.165) is 19.4 Å². The summed E-state index contributed by atoms with van der Waals surface area (Å²) in [5, 5.41) is 8.92. The lowest BCUT2D eigenvalue weighted by Crippen LogP contribution is -2.39. The first kappa shape index (κ1) is 15.0. The fourth-order valence-electron chi connectivity index (χ4n) is 2.06. The van der Waals surface area contributed by atoms with Crippen LogP contribution in [-0.2, 0) is 9.59 Å².